The number of fused-ring (bicyclic) bond motifs is 1. The summed E-state index contributed by atoms with van der Waals surface area (Å²) in [6, 6.07) is 10.00. The highest BCUT2D eigenvalue weighted by Gasteiger charge is 2.22. The molecule has 2 amide bonds. The Morgan fingerprint density at radius 2 is 2.09 bits per heavy atom. The van der Waals surface area contributed by atoms with Crippen molar-refractivity contribution < 1.29 is 9.59 Å². The summed E-state index contributed by atoms with van der Waals surface area (Å²) >= 11 is 0. The van der Waals surface area contributed by atoms with Crippen molar-refractivity contribution in [2.24, 2.45) is 11.7 Å². The lowest BCUT2D eigenvalue weighted by molar-refractivity contribution is -0.120. The van der Waals surface area contributed by atoms with Gasteiger partial charge in [0.25, 0.3) is 5.91 Å². The summed E-state index contributed by atoms with van der Waals surface area (Å²) in [5, 5.41) is 12.2. The lowest BCUT2D eigenvalue weighted by Gasteiger charge is -2.16. The van der Waals surface area contributed by atoms with E-state index in [0.29, 0.717) is 11.1 Å². The summed E-state index contributed by atoms with van der Waals surface area (Å²) in [5.74, 6) is -1.48. The summed E-state index contributed by atoms with van der Waals surface area (Å²) < 4.78 is 0. The molecule has 0 radical (unpaired) electrons. The van der Waals surface area contributed by atoms with E-state index in [9.17, 15) is 9.59 Å². The molecule has 2 atom stereocenters. The largest absolute Gasteiger partial charge is 0.368 e. The zero-order chi connectivity index (χ0) is 16.1. The third kappa shape index (κ3) is 3.38. The van der Waals surface area contributed by atoms with Gasteiger partial charge in [-0.25, -0.2) is 0 Å². The van der Waals surface area contributed by atoms with Crippen molar-refractivity contribution >= 4 is 22.7 Å². The Balaban J connectivity index is 2.26. The first-order valence-electron chi connectivity index (χ1n) is 6.86. The minimum Gasteiger partial charge on any atom is -0.368 e. The Morgan fingerprint density at radius 3 is 2.77 bits per heavy atom. The standard InChI is InChI=1S/C16H16N4O2/c1-10(9-17)8-13(15(18)21)20-16(22)12-6-2-4-11-5-3-7-19-14(11)12/h2-7,10,13H,8H2,1H3,(H2,18,21)(H,20,22)/t10-,13-/m0/s1. The van der Waals surface area contributed by atoms with Gasteiger partial charge in [-0.05, 0) is 25.5 Å². The van der Waals surface area contributed by atoms with Gasteiger partial charge in [-0.3, -0.25) is 14.6 Å². The molecule has 112 valence electrons. The van der Waals surface area contributed by atoms with Crippen LogP contribution in [0.15, 0.2) is 36.5 Å². The number of carbonyl (C=O) groups excluding carboxylic acids is 2. The SMILES string of the molecule is C[C@H](C#N)C[C@H](NC(=O)c1cccc2cccnc12)C(N)=O. The summed E-state index contributed by atoms with van der Waals surface area (Å²) in [6.07, 6.45) is 1.78. The Hall–Kier alpha value is -2.94. The second-order valence-corrected chi connectivity index (χ2v) is 5.07. The molecule has 3 N–H and O–H groups in total. The fourth-order valence-corrected chi connectivity index (χ4v) is 2.18. The number of nitrogens with one attached hydrogen (secondary N) is 1. The minimum absolute atomic E-state index is 0.176. The fourth-order valence-electron chi connectivity index (χ4n) is 2.18. The average molecular weight is 296 g/mol. The highest BCUT2D eigenvalue weighted by Crippen LogP contribution is 2.16. The summed E-state index contributed by atoms with van der Waals surface area (Å²) in [5.41, 5.74) is 6.22. The quantitative estimate of drug-likeness (QED) is 0.868. The van der Waals surface area contributed by atoms with Gasteiger partial charge in [-0.15, -0.1) is 0 Å². The molecule has 1 heterocycles. The first-order valence-corrected chi connectivity index (χ1v) is 6.86. The van der Waals surface area contributed by atoms with E-state index >= 15 is 0 Å². The number of hydrogen-bond donors (Lipinski definition) is 2. The van der Waals surface area contributed by atoms with Crippen LogP contribution < -0.4 is 11.1 Å². The van der Waals surface area contributed by atoms with Gasteiger partial charge >= 0.3 is 0 Å². The van der Waals surface area contributed by atoms with Crippen LogP contribution in [0.2, 0.25) is 0 Å². The number of para-hydroxylation sites is 1. The van der Waals surface area contributed by atoms with Crippen LogP contribution in [0, 0.1) is 17.2 Å². The van der Waals surface area contributed by atoms with E-state index in [4.69, 9.17) is 11.0 Å². The van der Waals surface area contributed by atoms with Gasteiger partial charge in [0.1, 0.15) is 6.04 Å². The predicted molar refractivity (Wildman–Crippen MR) is 81.6 cm³/mol. The molecule has 2 rings (SSSR count). The van der Waals surface area contributed by atoms with Crippen LogP contribution in [0.3, 0.4) is 0 Å². The van der Waals surface area contributed by atoms with Crippen molar-refractivity contribution in [3.8, 4) is 6.07 Å². The van der Waals surface area contributed by atoms with Crippen LogP contribution in [0.1, 0.15) is 23.7 Å². The van der Waals surface area contributed by atoms with Crippen molar-refractivity contribution in [1.29, 1.82) is 5.26 Å². The Kier molecular flexibility index (Phi) is 4.69. The number of nitrogens with two attached hydrogens (primary N) is 1. The summed E-state index contributed by atoms with van der Waals surface area (Å²) in [6.45, 7) is 1.67. The number of nitrogens with zero attached hydrogens (tertiary/aromatic N) is 2. The highest BCUT2D eigenvalue weighted by atomic mass is 16.2. The van der Waals surface area contributed by atoms with Crippen molar-refractivity contribution in [1.82, 2.24) is 10.3 Å². The average Bonchev–Trinajstić information content (AvgIpc) is 2.53. The monoisotopic (exact) mass is 296 g/mol. The molecule has 0 saturated carbocycles. The number of benzene rings is 1. The molecule has 0 fully saturated rings. The molecule has 1 aromatic heterocycles. The van der Waals surface area contributed by atoms with Crippen molar-refractivity contribution in [3.63, 3.8) is 0 Å². The van der Waals surface area contributed by atoms with E-state index in [1.54, 1.807) is 31.3 Å². The molecule has 0 aliphatic heterocycles. The number of carbonyl (C=O) groups is 2. The maximum absolute atomic E-state index is 12.4. The molecular weight excluding hydrogens is 280 g/mol. The number of amides is 2. The number of nitriles is 1. The van der Waals surface area contributed by atoms with Crippen LogP contribution in [0.5, 0.6) is 0 Å². The molecule has 0 saturated heterocycles. The molecule has 0 aliphatic carbocycles. The van der Waals surface area contributed by atoms with Gasteiger partial charge in [0.15, 0.2) is 0 Å². The maximum Gasteiger partial charge on any atom is 0.254 e. The van der Waals surface area contributed by atoms with Gasteiger partial charge in [0.2, 0.25) is 5.91 Å². The van der Waals surface area contributed by atoms with Crippen molar-refractivity contribution in [2.45, 2.75) is 19.4 Å². The predicted octanol–water partition coefficient (Wildman–Crippen LogP) is 1.37. The highest BCUT2D eigenvalue weighted by molar-refractivity contribution is 6.06. The number of primary amides is 1. The van der Waals surface area contributed by atoms with Crippen LogP contribution in [0.4, 0.5) is 0 Å². The van der Waals surface area contributed by atoms with E-state index in [1.165, 1.54) is 0 Å². The van der Waals surface area contributed by atoms with E-state index in [1.807, 2.05) is 18.2 Å². The topological polar surface area (TPSA) is 109 Å². The maximum atomic E-state index is 12.4. The molecular formula is C16H16N4O2. The van der Waals surface area contributed by atoms with Crippen LogP contribution >= 0.6 is 0 Å². The van der Waals surface area contributed by atoms with E-state index < -0.39 is 17.9 Å². The van der Waals surface area contributed by atoms with Gasteiger partial charge in [-0.1, -0.05) is 18.2 Å². The zero-order valence-electron chi connectivity index (χ0n) is 12.1. The second kappa shape index (κ2) is 6.68. The van der Waals surface area contributed by atoms with Gasteiger partial charge < -0.3 is 11.1 Å². The Morgan fingerprint density at radius 1 is 1.36 bits per heavy atom. The molecule has 0 bridgehead atoms. The van der Waals surface area contributed by atoms with Gasteiger partial charge in [-0.2, -0.15) is 5.26 Å². The smallest absolute Gasteiger partial charge is 0.254 e. The lowest BCUT2D eigenvalue weighted by Crippen LogP contribution is -2.45. The van der Waals surface area contributed by atoms with E-state index in [2.05, 4.69) is 10.3 Å². The first kappa shape index (κ1) is 15.4. The fraction of sp³-hybridized carbons (Fsp3) is 0.250. The number of hydrogen-bond acceptors (Lipinski definition) is 4. The van der Waals surface area contributed by atoms with E-state index in [0.717, 1.165) is 5.39 Å². The second-order valence-electron chi connectivity index (χ2n) is 5.07. The molecule has 2 aromatic rings. The summed E-state index contributed by atoms with van der Waals surface area (Å²) in [7, 11) is 0. The van der Waals surface area contributed by atoms with Crippen LogP contribution in [-0.4, -0.2) is 22.8 Å². The Labute approximate surface area is 127 Å². The molecule has 6 heteroatoms. The number of aromatic nitrogens is 1. The lowest BCUT2D eigenvalue weighted by atomic mass is 10.0. The van der Waals surface area contributed by atoms with Crippen LogP contribution in [-0.2, 0) is 4.79 Å². The van der Waals surface area contributed by atoms with Crippen LogP contribution in [0.25, 0.3) is 10.9 Å². The molecule has 0 spiro atoms. The number of rotatable bonds is 5. The third-order valence-electron chi connectivity index (χ3n) is 3.34. The molecule has 1 aromatic carbocycles. The first-order chi connectivity index (χ1) is 10.5. The van der Waals surface area contributed by atoms with Gasteiger partial charge in [0.05, 0.1) is 17.1 Å². The molecule has 6 nitrogen and oxygen atoms in total. The molecule has 0 aliphatic rings. The van der Waals surface area contributed by atoms with E-state index in [-0.39, 0.29) is 12.3 Å². The third-order valence-corrected chi connectivity index (χ3v) is 3.34. The normalized spacial score (nSPS) is 13.1. The Bertz CT molecular complexity index is 746. The van der Waals surface area contributed by atoms with Crippen molar-refractivity contribution in [2.75, 3.05) is 0 Å². The molecule has 22 heavy (non-hydrogen) atoms. The minimum atomic E-state index is -0.888. The molecule has 0 unspecified atom stereocenters. The van der Waals surface area contributed by atoms with Gasteiger partial charge in [0, 0.05) is 17.5 Å². The summed E-state index contributed by atoms with van der Waals surface area (Å²) in [4.78, 5) is 28.1. The van der Waals surface area contributed by atoms with Crippen molar-refractivity contribution in [3.05, 3.63) is 42.1 Å². The number of pyridine rings is 1. The zero-order valence-corrected chi connectivity index (χ0v) is 12.1.